The molecule has 1 rings (SSSR count). The minimum atomic E-state index is -0.931. The fraction of sp³-hybridized carbons (Fsp3) is 0.385. The number of hydrogen-bond donors (Lipinski definition) is 2. The van der Waals surface area contributed by atoms with Gasteiger partial charge in [-0.15, -0.1) is 0 Å². The molecule has 0 fully saturated rings. The van der Waals surface area contributed by atoms with Gasteiger partial charge in [0.2, 0.25) is 0 Å². The number of methoxy groups -OCH3 is 1. The molecule has 0 aliphatic carbocycles. The minimum absolute atomic E-state index is 0.237. The predicted molar refractivity (Wildman–Crippen MR) is 70.7 cm³/mol. The molecule has 0 heterocycles. The first kappa shape index (κ1) is 15.9. The van der Waals surface area contributed by atoms with Gasteiger partial charge in [-0.3, -0.25) is 4.79 Å². The predicted octanol–water partition coefficient (Wildman–Crippen LogP) is 0.636. The zero-order chi connectivity index (χ0) is 15.1. The van der Waals surface area contributed by atoms with Crippen LogP contribution in [-0.4, -0.2) is 38.7 Å². The van der Waals surface area contributed by atoms with Crippen molar-refractivity contribution in [1.29, 1.82) is 0 Å². The van der Waals surface area contributed by atoms with Crippen LogP contribution in [0.4, 0.5) is 10.1 Å². The molecule has 0 spiro atoms. The number of anilines is 1. The molecule has 6 nitrogen and oxygen atoms in total. The number of nitrogen functional groups attached to an aromatic ring is 1. The Hall–Kier alpha value is -2.15. The minimum Gasteiger partial charge on any atom is -0.452 e. The lowest BCUT2D eigenvalue weighted by atomic mass is 10.1. The highest BCUT2D eigenvalue weighted by molar-refractivity contribution is 5.92. The summed E-state index contributed by atoms with van der Waals surface area (Å²) >= 11 is 0. The van der Waals surface area contributed by atoms with Gasteiger partial charge in [-0.2, -0.15) is 0 Å². The van der Waals surface area contributed by atoms with Crippen LogP contribution in [0.5, 0.6) is 0 Å². The summed E-state index contributed by atoms with van der Waals surface area (Å²) in [7, 11) is 1.50. The van der Waals surface area contributed by atoms with Crippen LogP contribution in [0.2, 0.25) is 0 Å². The Morgan fingerprint density at radius 1 is 1.40 bits per heavy atom. The Morgan fingerprint density at radius 2 is 2.10 bits per heavy atom. The van der Waals surface area contributed by atoms with Crippen LogP contribution in [0.1, 0.15) is 15.9 Å². The van der Waals surface area contributed by atoms with E-state index in [-0.39, 0.29) is 16.8 Å². The maximum Gasteiger partial charge on any atom is 0.341 e. The van der Waals surface area contributed by atoms with Crippen LogP contribution in [0.3, 0.4) is 0 Å². The van der Waals surface area contributed by atoms with Crippen molar-refractivity contribution in [3.8, 4) is 0 Å². The smallest absolute Gasteiger partial charge is 0.341 e. The highest BCUT2D eigenvalue weighted by Gasteiger charge is 2.17. The van der Waals surface area contributed by atoms with Gasteiger partial charge in [0.15, 0.2) is 6.61 Å². The Bertz CT molecular complexity index is 505. The van der Waals surface area contributed by atoms with E-state index in [1.807, 2.05) is 0 Å². The summed E-state index contributed by atoms with van der Waals surface area (Å²) in [4.78, 5) is 23.0. The molecule has 0 aliphatic rings. The molecule has 20 heavy (non-hydrogen) atoms. The number of nitrogens with one attached hydrogen (secondary N) is 1. The highest BCUT2D eigenvalue weighted by Crippen LogP contribution is 2.17. The number of ether oxygens (including phenoxy) is 2. The summed E-state index contributed by atoms with van der Waals surface area (Å²) < 4.78 is 23.2. The highest BCUT2D eigenvalue weighted by atomic mass is 19.1. The molecule has 1 aromatic rings. The Morgan fingerprint density at radius 3 is 2.75 bits per heavy atom. The number of hydrogen-bond acceptors (Lipinski definition) is 5. The lowest BCUT2D eigenvalue weighted by Crippen LogP contribution is -2.31. The van der Waals surface area contributed by atoms with E-state index in [9.17, 15) is 14.0 Å². The van der Waals surface area contributed by atoms with Crippen molar-refractivity contribution in [3.63, 3.8) is 0 Å². The molecule has 3 N–H and O–H groups in total. The van der Waals surface area contributed by atoms with Crippen molar-refractivity contribution in [2.45, 2.75) is 6.92 Å². The van der Waals surface area contributed by atoms with E-state index in [4.69, 9.17) is 15.2 Å². The van der Waals surface area contributed by atoms with Gasteiger partial charge in [0.25, 0.3) is 5.91 Å². The van der Waals surface area contributed by atoms with E-state index in [0.29, 0.717) is 13.2 Å². The molecule has 110 valence electrons. The van der Waals surface area contributed by atoms with Gasteiger partial charge in [-0.05, 0) is 24.6 Å². The molecule has 0 unspecified atom stereocenters. The fourth-order valence-corrected chi connectivity index (χ4v) is 1.50. The molecular weight excluding hydrogens is 267 g/mol. The molecule has 0 saturated carbocycles. The van der Waals surface area contributed by atoms with Crippen LogP contribution < -0.4 is 11.1 Å². The van der Waals surface area contributed by atoms with Gasteiger partial charge < -0.3 is 20.5 Å². The zero-order valence-corrected chi connectivity index (χ0v) is 11.4. The number of esters is 1. The summed E-state index contributed by atoms with van der Waals surface area (Å²) in [5.41, 5.74) is 5.74. The van der Waals surface area contributed by atoms with Gasteiger partial charge in [0.05, 0.1) is 12.2 Å². The molecule has 0 aliphatic heterocycles. The van der Waals surface area contributed by atoms with Crippen molar-refractivity contribution in [1.82, 2.24) is 5.32 Å². The number of rotatable bonds is 6. The molecule has 0 radical (unpaired) electrons. The van der Waals surface area contributed by atoms with E-state index in [1.54, 1.807) is 0 Å². The van der Waals surface area contributed by atoms with Crippen LogP contribution in [0.25, 0.3) is 0 Å². The monoisotopic (exact) mass is 284 g/mol. The first-order valence-electron chi connectivity index (χ1n) is 5.94. The zero-order valence-electron chi connectivity index (χ0n) is 11.4. The van der Waals surface area contributed by atoms with Crippen LogP contribution in [-0.2, 0) is 14.3 Å². The van der Waals surface area contributed by atoms with Crippen LogP contribution in [0, 0.1) is 12.7 Å². The summed E-state index contributed by atoms with van der Waals surface area (Å²) in [6.07, 6.45) is 0. The SMILES string of the molecule is COCCNC(=O)COC(=O)c1cc(N)cc(C)c1F. The molecule has 0 saturated heterocycles. The molecule has 1 amide bonds. The average Bonchev–Trinajstić information content (AvgIpc) is 2.40. The third kappa shape index (κ3) is 4.51. The van der Waals surface area contributed by atoms with Crippen LogP contribution in [0.15, 0.2) is 12.1 Å². The van der Waals surface area contributed by atoms with Crippen molar-refractivity contribution in [2.24, 2.45) is 0 Å². The molecule has 0 bridgehead atoms. The van der Waals surface area contributed by atoms with Crippen molar-refractivity contribution < 1.29 is 23.5 Å². The first-order chi connectivity index (χ1) is 9.45. The summed E-state index contributed by atoms with van der Waals surface area (Å²) in [5, 5.41) is 2.47. The number of nitrogens with two attached hydrogens (primary N) is 1. The Kier molecular flexibility index (Phi) is 5.92. The third-order valence-electron chi connectivity index (χ3n) is 2.46. The van der Waals surface area contributed by atoms with Gasteiger partial charge in [-0.25, -0.2) is 9.18 Å². The average molecular weight is 284 g/mol. The second-order valence-electron chi connectivity index (χ2n) is 4.12. The van der Waals surface area contributed by atoms with E-state index < -0.39 is 24.3 Å². The van der Waals surface area contributed by atoms with Crippen molar-refractivity contribution >= 4 is 17.6 Å². The molecular formula is C13H17FN2O4. The Labute approximate surface area is 116 Å². The first-order valence-corrected chi connectivity index (χ1v) is 5.94. The second kappa shape index (κ2) is 7.44. The number of carbonyl (C=O) groups excluding carboxylic acids is 2. The third-order valence-corrected chi connectivity index (χ3v) is 2.46. The maximum atomic E-state index is 13.7. The second-order valence-corrected chi connectivity index (χ2v) is 4.12. The maximum absolute atomic E-state index is 13.7. The van der Waals surface area contributed by atoms with Crippen molar-refractivity contribution in [3.05, 3.63) is 29.1 Å². The van der Waals surface area contributed by atoms with E-state index in [0.717, 1.165) is 0 Å². The van der Waals surface area contributed by atoms with E-state index in [2.05, 4.69) is 5.32 Å². The van der Waals surface area contributed by atoms with E-state index in [1.165, 1.54) is 26.2 Å². The lowest BCUT2D eigenvalue weighted by Gasteiger charge is -2.08. The van der Waals surface area contributed by atoms with E-state index >= 15 is 0 Å². The van der Waals surface area contributed by atoms with Gasteiger partial charge in [-0.1, -0.05) is 0 Å². The van der Waals surface area contributed by atoms with Gasteiger partial charge >= 0.3 is 5.97 Å². The van der Waals surface area contributed by atoms with Crippen LogP contribution >= 0.6 is 0 Å². The molecule has 1 aromatic carbocycles. The molecule has 0 atom stereocenters. The number of halogens is 1. The largest absolute Gasteiger partial charge is 0.452 e. The number of carbonyl (C=O) groups is 2. The van der Waals surface area contributed by atoms with Crippen molar-refractivity contribution in [2.75, 3.05) is 32.6 Å². The van der Waals surface area contributed by atoms with Gasteiger partial charge in [0, 0.05) is 19.3 Å². The summed E-state index contributed by atoms with van der Waals surface area (Å²) in [6.45, 7) is 1.65. The molecule has 7 heteroatoms. The van der Waals surface area contributed by atoms with Gasteiger partial charge in [0.1, 0.15) is 5.82 Å². The topological polar surface area (TPSA) is 90.6 Å². The summed E-state index contributed by atoms with van der Waals surface area (Å²) in [5.74, 6) is -2.12. The number of benzene rings is 1. The number of aryl methyl sites for hydroxylation is 1. The molecule has 0 aromatic heterocycles. The quantitative estimate of drug-likeness (QED) is 0.454. The fourth-order valence-electron chi connectivity index (χ4n) is 1.50. The lowest BCUT2D eigenvalue weighted by molar-refractivity contribution is -0.124. The summed E-state index contributed by atoms with van der Waals surface area (Å²) in [6, 6.07) is 2.58. The standard InChI is InChI=1S/C13H17FN2O4/c1-8-5-9(15)6-10(12(8)14)13(18)20-7-11(17)16-3-4-19-2/h5-6H,3-4,7,15H2,1-2H3,(H,16,17). The normalized spacial score (nSPS) is 10.2. The Balaban J connectivity index is 2.57. The number of amides is 1.